The van der Waals surface area contributed by atoms with E-state index in [1.54, 1.807) is 34.6 Å². The Balaban J connectivity index is 2.86. The maximum atomic E-state index is 13.5. The van der Waals surface area contributed by atoms with Crippen LogP contribution in [0.2, 0.25) is 0 Å². The number of nitrogens with zero attached hydrogens (tertiary/aromatic N) is 1. The third kappa shape index (κ3) is 12.1. The Labute approximate surface area is 233 Å². The predicted octanol–water partition coefficient (Wildman–Crippen LogP) is 2.80. The third-order valence-electron chi connectivity index (χ3n) is 4.87. The van der Waals surface area contributed by atoms with Crippen LogP contribution in [-0.2, 0) is 42.3 Å². The van der Waals surface area contributed by atoms with Crippen molar-refractivity contribution in [3.63, 3.8) is 0 Å². The van der Waals surface area contributed by atoms with Crippen molar-refractivity contribution < 1.29 is 42.3 Å². The zero-order chi connectivity index (χ0) is 29.1. The smallest absolute Gasteiger partial charge is 0.406 e. The molecule has 38 heavy (non-hydrogen) atoms. The number of hydrogen-bond acceptors (Lipinski definition) is 10. The second-order valence-electron chi connectivity index (χ2n) is 9.73. The summed E-state index contributed by atoms with van der Waals surface area (Å²) in [6, 6.07) is -1.02. The third-order valence-corrected chi connectivity index (χ3v) is 8.22. The number of alkyl halides is 1. The maximum absolute atomic E-state index is 13.5. The lowest BCUT2D eigenvalue weighted by Crippen LogP contribution is -2.37. The SMILES string of the molecule is CNC(=O)/C=C\N(C=O)C1OC(COP(=O)(NC(C)C(=O)OC(C)C)OCCSC(=O)C(C)(C)C)CC1Cl. The van der Waals surface area contributed by atoms with Crippen molar-refractivity contribution in [2.24, 2.45) is 5.41 Å². The van der Waals surface area contributed by atoms with Crippen molar-refractivity contribution >= 4 is 54.5 Å². The average Bonchev–Trinajstić information content (AvgIpc) is 3.20. The van der Waals surface area contributed by atoms with E-state index < -0.39 is 48.8 Å². The summed E-state index contributed by atoms with van der Waals surface area (Å²) in [6.45, 7) is 9.86. The summed E-state index contributed by atoms with van der Waals surface area (Å²) in [4.78, 5) is 48.5. The van der Waals surface area contributed by atoms with Crippen LogP contribution in [0.3, 0.4) is 0 Å². The van der Waals surface area contributed by atoms with E-state index in [2.05, 4.69) is 10.4 Å². The second kappa shape index (κ2) is 16.0. The molecular weight excluding hydrogens is 561 g/mol. The van der Waals surface area contributed by atoms with Gasteiger partial charge in [0, 0.05) is 30.5 Å². The topological polar surface area (TPSA) is 150 Å². The molecule has 1 rings (SSSR count). The normalized spacial score (nSPS) is 22.2. The predicted molar refractivity (Wildman–Crippen MR) is 144 cm³/mol. The summed E-state index contributed by atoms with van der Waals surface area (Å²) >= 11 is 7.40. The van der Waals surface area contributed by atoms with E-state index in [1.807, 2.05) is 0 Å². The molecule has 1 aliphatic rings. The minimum Gasteiger partial charge on any atom is -0.462 e. The van der Waals surface area contributed by atoms with Gasteiger partial charge in [-0.3, -0.25) is 33.1 Å². The van der Waals surface area contributed by atoms with Gasteiger partial charge in [-0.15, -0.1) is 11.6 Å². The average molecular weight is 600 g/mol. The number of thioether (sulfide) groups is 1. The highest BCUT2D eigenvalue weighted by atomic mass is 35.5. The summed E-state index contributed by atoms with van der Waals surface area (Å²) < 4.78 is 35.5. The summed E-state index contributed by atoms with van der Waals surface area (Å²) in [5.74, 6) is -0.849. The molecule has 0 saturated carbocycles. The number of ether oxygens (including phenoxy) is 2. The molecule has 2 N–H and O–H groups in total. The molecule has 0 aromatic carbocycles. The largest absolute Gasteiger partial charge is 0.462 e. The Morgan fingerprint density at radius 2 is 1.89 bits per heavy atom. The van der Waals surface area contributed by atoms with Crippen molar-refractivity contribution in [2.45, 2.75) is 77.8 Å². The fraction of sp³-hybridized carbons (Fsp3) is 0.739. The van der Waals surface area contributed by atoms with E-state index in [9.17, 15) is 23.7 Å². The van der Waals surface area contributed by atoms with Gasteiger partial charge in [0.15, 0.2) is 11.3 Å². The minimum absolute atomic E-state index is 0.0533. The van der Waals surface area contributed by atoms with Gasteiger partial charge in [-0.25, -0.2) is 9.65 Å². The number of carbonyl (C=O) groups is 4. The quantitative estimate of drug-likeness (QED) is 0.0714. The first-order valence-corrected chi connectivity index (χ1v) is 15.0. The Kier molecular flexibility index (Phi) is 14.5. The second-order valence-corrected chi connectivity index (χ2v) is 13.1. The highest BCUT2D eigenvalue weighted by molar-refractivity contribution is 8.13. The van der Waals surface area contributed by atoms with Gasteiger partial charge >= 0.3 is 13.7 Å². The molecule has 1 aliphatic heterocycles. The monoisotopic (exact) mass is 599 g/mol. The molecule has 0 aromatic heterocycles. The molecule has 12 nitrogen and oxygen atoms in total. The van der Waals surface area contributed by atoms with Gasteiger partial charge in [-0.2, -0.15) is 0 Å². The first-order valence-electron chi connectivity index (χ1n) is 12.1. The van der Waals surface area contributed by atoms with E-state index in [0.29, 0.717) is 6.41 Å². The first-order chi connectivity index (χ1) is 17.6. The highest BCUT2D eigenvalue weighted by Crippen LogP contribution is 2.45. The van der Waals surface area contributed by atoms with Crippen molar-refractivity contribution in [1.82, 2.24) is 15.3 Å². The Bertz CT molecular complexity index is 900. The van der Waals surface area contributed by atoms with Gasteiger partial charge in [-0.05, 0) is 27.2 Å². The molecule has 0 spiro atoms. The molecule has 1 fully saturated rings. The van der Waals surface area contributed by atoms with E-state index in [4.69, 9.17) is 30.1 Å². The Hall–Kier alpha value is -1.47. The Morgan fingerprint density at radius 1 is 1.24 bits per heavy atom. The van der Waals surface area contributed by atoms with Crippen LogP contribution in [-0.4, -0.2) is 84.2 Å². The lowest BCUT2D eigenvalue weighted by Gasteiger charge is -2.25. The van der Waals surface area contributed by atoms with E-state index in [1.165, 1.54) is 20.2 Å². The van der Waals surface area contributed by atoms with Crippen LogP contribution in [0, 0.1) is 5.41 Å². The zero-order valence-electron chi connectivity index (χ0n) is 22.8. The number of rotatable bonds is 15. The Morgan fingerprint density at radius 3 is 2.45 bits per heavy atom. The number of carbonyl (C=O) groups excluding carboxylic acids is 4. The van der Waals surface area contributed by atoms with Gasteiger partial charge in [-0.1, -0.05) is 32.5 Å². The molecule has 2 amide bonds. The molecule has 0 radical (unpaired) electrons. The lowest BCUT2D eigenvalue weighted by molar-refractivity contribution is -0.149. The van der Waals surface area contributed by atoms with E-state index in [0.717, 1.165) is 22.7 Å². The molecule has 5 atom stereocenters. The number of nitrogens with one attached hydrogen (secondary N) is 2. The molecule has 218 valence electrons. The van der Waals surface area contributed by atoms with Crippen LogP contribution < -0.4 is 10.4 Å². The van der Waals surface area contributed by atoms with Gasteiger partial charge in [0.1, 0.15) is 6.04 Å². The van der Waals surface area contributed by atoms with Crippen LogP contribution in [0.15, 0.2) is 12.3 Å². The molecule has 1 heterocycles. The van der Waals surface area contributed by atoms with Gasteiger partial charge in [0.25, 0.3) is 0 Å². The molecule has 1 saturated heterocycles. The maximum Gasteiger partial charge on any atom is 0.406 e. The molecule has 0 aliphatic carbocycles. The van der Waals surface area contributed by atoms with Crippen molar-refractivity contribution in [1.29, 1.82) is 0 Å². The van der Waals surface area contributed by atoms with Gasteiger partial charge in [0.05, 0.1) is 30.8 Å². The van der Waals surface area contributed by atoms with Gasteiger partial charge in [0.2, 0.25) is 12.3 Å². The summed E-state index contributed by atoms with van der Waals surface area (Å²) in [7, 11) is -2.63. The standard InChI is InChI=1S/C23H39ClN3O9PS/c1-15(2)35-21(30)16(3)26-37(32,33-10-11-38-22(31)23(4,5)6)34-13-17-12-18(24)20(36-17)27(14-28)9-8-19(29)25-7/h8-9,14-18,20H,10-13H2,1-7H3,(H,25,29)(H,26,32)/b9-8-. The molecule has 15 heteroatoms. The van der Waals surface area contributed by atoms with Crippen LogP contribution in [0.1, 0.15) is 48.0 Å². The number of amides is 2. The van der Waals surface area contributed by atoms with E-state index in [-0.39, 0.29) is 36.6 Å². The van der Waals surface area contributed by atoms with Crippen LogP contribution in [0.25, 0.3) is 0 Å². The van der Waals surface area contributed by atoms with Crippen LogP contribution >= 0.6 is 31.1 Å². The van der Waals surface area contributed by atoms with Crippen molar-refractivity contribution in [3.8, 4) is 0 Å². The molecule has 0 aromatic rings. The summed E-state index contributed by atoms with van der Waals surface area (Å²) in [6.07, 6.45) is 1.15. The van der Waals surface area contributed by atoms with Gasteiger partial charge < -0.3 is 14.8 Å². The number of likely N-dealkylation sites (N-methyl/N-ethyl adjacent to an activating group) is 1. The molecule has 0 bridgehead atoms. The van der Waals surface area contributed by atoms with E-state index >= 15 is 0 Å². The minimum atomic E-state index is -4.07. The van der Waals surface area contributed by atoms with Crippen LogP contribution in [0.5, 0.6) is 0 Å². The number of hydrogen-bond donors (Lipinski definition) is 2. The number of halogens is 1. The fourth-order valence-corrected chi connectivity index (χ4v) is 5.71. The lowest BCUT2D eigenvalue weighted by atomic mass is 10.00. The summed E-state index contributed by atoms with van der Waals surface area (Å²) in [5.41, 5.74) is -0.544. The fourth-order valence-electron chi connectivity index (χ4n) is 2.91. The summed E-state index contributed by atoms with van der Waals surface area (Å²) in [5, 5.41) is 4.27. The van der Waals surface area contributed by atoms with Crippen molar-refractivity contribution in [2.75, 3.05) is 26.0 Å². The van der Waals surface area contributed by atoms with Crippen molar-refractivity contribution in [3.05, 3.63) is 12.3 Å². The zero-order valence-corrected chi connectivity index (χ0v) is 25.3. The highest BCUT2D eigenvalue weighted by Gasteiger charge is 2.39. The number of esters is 1. The first kappa shape index (κ1) is 34.6. The van der Waals surface area contributed by atoms with Crippen LogP contribution in [0.4, 0.5) is 0 Å². The molecule has 5 unspecified atom stereocenters. The molecular formula is C23H39ClN3O9PS.